The Kier molecular flexibility index (Phi) is 3.37. The van der Waals surface area contributed by atoms with Crippen molar-refractivity contribution in [2.24, 2.45) is 0 Å². The molecule has 0 saturated heterocycles. The van der Waals surface area contributed by atoms with E-state index >= 15 is 0 Å². The average Bonchev–Trinajstić information content (AvgIpc) is 2.70. The maximum Gasteiger partial charge on any atom is 0.105 e. The Morgan fingerprint density at radius 1 is 1.22 bits per heavy atom. The molecule has 0 spiro atoms. The van der Waals surface area contributed by atoms with E-state index in [4.69, 9.17) is 0 Å². The molecule has 0 bridgehead atoms. The topological polar surface area (TPSA) is 17.8 Å². The van der Waals surface area contributed by atoms with Crippen LogP contribution in [0.5, 0.6) is 0 Å². The van der Waals surface area contributed by atoms with Crippen molar-refractivity contribution in [3.8, 4) is 0 Å². The Morgan fingerprint density at radius 2 is 1.94 bits per heavy atom. The van der Waals surface area contributed by atoms with Crippen LogP contribution in [0, 0.1) is 27.7 Å². The Morgan fingerprint density at radius 3 is 2.50 bits per heavy atom. The number of hydrogen-bond acceptors (Lipinski definition) is 1. The standard InChI is InChI=1S/C16H20N2/c1-6-15-11(2)9-12(3)16(13(15)4)10-18-8-7-17-14(18)5/h6-9H,1,10H2,2-5H3. The minimum absolute atomic E-state index is 0.880. The molecule has 2 rings (SSSR count). The molecular formula is C16H20N2. The molecule has 18 heavy (non-hydrogen) atoms. The van der Waals surface area contributed by atoms with Crippen molar-refractivity contribution >= 4 is 6.08 Å². The van der Waals surface area contributed by atoms with Crippen molar-refractivity contribution in [2.45, 2.75) is 34.2 Å². The highest BCUT2D eigenvalue weighted by atomic mass is 15.0. The minimum atomic E-state index is 0.880. The molecule has 1 aromatic heterocycles. The van der Waals surface area contributed by atoms with Gasteiger partial charge in [0, 0.05) is 18.9 Å². The number of aryl methyl sites for hydroxylation is 3. The third-order valence-corrected chi connectivity index (χ3v) is 3.65. The Balaban J connectivity index is 2.51. The normalized spacial score (nSPS) is 10.7. The first kappa shape index (κ1) is 12.6. The molecule has 0 aliphatic rings. The van der Waals surface area contributed by atoms with Crippen LogP contribution in [0.2, 0.25) is 0 Å². The molecule has 2 heteroatoms. The molecule has 0 fully saturated rings. The van der Waals surface area contributed by atoms with Gasteiger partial charge in [-0.2, -0.15) is 0 Å². The van der Waals surface area contributed by atoms with Gasteiger partial charge in [-0.05, 0) is 55.5 Å². The summed E-state index contributed by atoms with van der Waals surface area (Å²) in [5, 5.41) is 0. The molecule has 2 nitrogen and oxygen atoms in total. The van der Waals surface area contributed by atoms with Crippen LogP contribution in [0.4, 0.5) is 0 Å². The van der Waals surface area contributed by atoms with Crippen LogP contribution in [0.3, 0.4) is 0 Å². The van der Waals surface area contributed by atoms with Crippen LogP contribution in [0.25, 0.3) is 6.08 Å². The van der Waals surface area contributed by atoms with Crippen LogP contribution in [0.15, 0.2) is 25.0 Å². The van der Waals surface area contributed by atoms with Crippen LogP contribution in [-0.4, -0.2) is 9.55 Å². The van der Waals surface area contributed by atoms with E-state index in [0.29, 0.717) is 0 Å². The SMILES string of the molecule is C=Cc1c(C)cc(C)c(Cn2ccnc2C)c1C. The van der Waals surface area contributed by atoms with E-state index in [0.717, 1.165) is 12.4 Å². The second-order valence-electron chi connectivity index (χ2n) is 4.83. The van der Waals surface area contributed by atoms with E-state index in [-0.39, 0.29) is 0 Å². The van der Waals surface area contributed by atoms with Crippen molar-refractivity contribution in [3.63, 3.8) is 0 Å². The molecule has 0 atom stereocenters. The fourth-order valence-electron chi connectivity index (χ4n) is 2.54. The second-order valence-corrected chi connectivity index (χ2v) is 4.83. The summed E-state index contributed by atoms with van der Waals surface area (Å²) in [7, 11) is 0. The maximum absolute atomic E-state index is 4.28. The van der Waals surface area contributed by atoms with E-state index < -0.39 is 0 Å². The summed E-state index contributed by atoms with van der Waals surface area (Å²) in [5.74, 6) is 1.05. The Hall–Kier alpha value is -1.83. The summed E-state index contributed by atoms with van der Waals surface area (Å²) in [6.07, 6.45) is 5.83. The summed E-state index contributed by atoms with van der Waals surface area (Å²) in [6, 6.07) is 2.24. The molecular weight excluding hydrogens is 220 g/mol. The summed E-state index contributed by atoms with van der Waals surface area (Å²) in [6.45, 7) is 13.3. The van der Waals surface area contributed by atoms with Gasteiger partial charge in [-0.15, -0.1) is 0 Å². The third kappa shape index (κ3) is 2.10. The highest BCUT2D eigenvalue weighted by Crippen LogP contribution is 2.24. The molecule has 94 valence electrons. The molecule has 0 saturated carbocycles. The minimum Gasteiger partial charge on any atom is -0.331 e. The van der Waals surface area contributed by atoms with Gasteiger partial charge < -0.3 is 4.57 Å². The largest absolute Gasteiger partial charge is 0.331 e. The summed E-state index contributed by atoms with van der Waals surface area (Å²) < 4.78 is 2.18. The number of aromatic nitrogens is 2. The van der Waals surface area contributed by atoms with Crippen molar-refractivity contribution in [1.29, 1.82) is 0 Å². The van der Waals surface area contributed by atoms with E-state index in [1.165, 1.54) is 27.8 Å². The summed E-state index contributed by atoms with van der Waals surface area (Å²) in [5.41, 5.74) is 6.59. The third-order valence-electron chi connectivity index (χ3n) is 3.65. The van der Waals surface area contributed by atoms with Crippen molar-refractivity contribution in [3.05, 3.63) is 58.7 Å². The first-order valence-electron chi connectivity index (χ1n) is 6.24. The van der Waals surface area contributed by atoms with Crippen molar-refractivity contribution in [1.82, 2.24) is 9.55 Å². The zero-order chi connectivity index (χ0) is 13.3. The number of benzene rings is 1. The fraction of sp³-hybridized carbons (Fsp3) is 0.312. The number of nitrogens with zero attached hydrogens (tertiary/aromatic N) is 2. The smallest absolute Gasteiger partial charge is 0.105 e. The maximum atomic E-state index is 4.28. The van der Waals surface area contributed by atoms with Crippen LogP contribution in [0.1, 0.15) is 33.6 Å². The zero-order valence-corrected chi connectivity index (χ0v) is 11.6. The highest BCUT2D eigenvalue weighted by Gasteiger charge is 2.10. The van der Waals surface area contributed by atoms with E-state index in [2.05, 4.69) is 43.0 Å². The Labute approximate surface area is 109 Å². The van der Waals surface area contributed by atoms with Gasteiger partial charge in [0.15, 0.2) is 0 Å². The molecule has 0 unspecified atom stereocenters. The molecule has 0 aliphatic carbocycles. The Bertz CT molecular complexity index is 591. The summed E-state index contributed by atoms with van der Waals surface area (Å²) >= 11 is 0. The highest BCUT2D eigenvalue weighted by molar-refractivity contribution is 5.59. The van der Waals surface area contributed by atoms with E-state index in [1.54, 1.807) is 0 Å². The quantitative estimate of drug-likeness (QED) is 0.797. The van der Waals surface area contributed by atoms with Crippen molar-refractivity contribution in [2.75, 3.05) is 0 Å². The lowest BCUT2D eigenvalue weighted by molar-refractivity contribution is 0.752. The van der Waals surface area contributed by atoms with Gasteiger partial charge in [0.2, 0.25) is 0 Å². The number of hydrogen-bond donors (Lipinski definition) is 0. The van der Waals surface area contributed by atoms with E-state index in [9.17, 15) is 0 Å². The van der Waals surface area contributed by atoms with Gasteiger partial charge in [-0.3, -0.25) is 0 Å². The van der Waals surface area contributed by atoms with Gasteiger partial charge in [-0.1, -0.05) is 18.7 Å². The van der Waals surface area contributed by atoms with Gasteiger partial charge in [0.05, 0.1) is 0 Å². The van der Waals surface area contributed by atoms with Gasteiger partial charge in [0.25, 0.3) is 0 Å². The first-order chi connectivity index (χ1) is 8.54. The van der Waals surface area contributed by atoms with Crippen molar-refractivity contribution < 1.29 is 0 Å². The molecule has 0 radical (unpaired) electrons. The van der Waals surface area contributed by atoms with E-state index in [1.807, 2.05) is 25.4 Å². The first-order valence-corrected chi connectivity index (χ1v) is 6.24. The number of rotatable bonds is 3. The molecule has 2 aromatic rings. The molecule has 1 aromatic carbocycles. The molecule has 0 N–H and O–H groups in total. The second kappa shape index (κ2) is 4.81. The predicted octanol–water partition coefficient (Wildman–Crippen LogP) is 3.81. The van der Waals surface area contributed by atoms with Gasteiger partial charge in [0.1, 0.15) is 5.82 Å². The van der Waals surface area contributed by atoms with Gasteiger partial charge >= 0.3 is 0 Å². The molecule has 0 aliphatic heterocycles. The zero-order valence-electron chi connectivity index (χ0n) is 11.6. The molecule has 0 amide bonds. The lowest BCUT2D eigenvalue weighted by Gasteiger charge is -2.16. The van der Waals surface area contributed by atoms with Crippen LogP contribution in [-0.2, 0) is 6.54 Å². The average molecular weight is 240 g/mol. The number of imidazole rings is 1. The fourth-order valence-corrected chi connectivity index (χ4v) is 2.54. The predicted molar refractivity (Wildman–Crippen MR) is 76.8 cm³/mol. The van der Waals surface area contributed by atoms with Gasteiger partial charge in [-0.25, -0.2) is 4.98 Å². The lowest BCUT2D eigenvalue weighted by Crippen LogP contribution is -2.06. The van der Waals surface area contributed by atoms with Crippen LogP contribution < -0.4 is 0 Å². The monoisotopic (exact) mass is 240 g/mol. The van der Waals surface area contributed by atoms with Crippen LogP contribution >= 0.6 is 0 Å². The molecule has 1 heterocycles. The summed E-state index contributed by atoms with van der Waals surface area (Å²) in [4.78, 5) is 4.28. The lowest BCUT2D eigenvalue weighted by atomic mass is 9.93.